The van der Waals surface area contributed by atoms with Gasteiger partial charge in [-0.3, -0.25) is 9.69 Å². The summed E-state index contributed by atoms with van der Waals surface area (Å²) in [6.45, 7) is 12.3. The molecule has 0 aromatic carbocycles. The van der Waals surface area contributed by atoms with E-state index in [9.17, 15) is 20.1 Å². The average Bonchev–Trinajstić information content (AvgIpc) is 2.99. The molecule has 1 amide bonds. The van der Waals surface area contributed by atoms with Crippen molar-refractivity contribution in [3.05, 3.63) is 0 Å². The number of ether oxygens (including phenoxy) is 1. The first-order valence-electron chi connectivity index (χ1n) is 14.9. The van der Waals surface area contributed by atoms with Gasteiger partial charge >= 0.3 is 0 Å². The van der Waals surface area contributed by atoms with Crippen LogP contribution in [0.2, 0.25) is 0 Å². The van der Waals surface area contributed by atoms with Crippen LogP contribution in [-0.4, -0.2) is 82.3 Å². The Balaban J connectivity index is 1.22. The van der Waals surface area contributed by atoms with Crippen molar-refractivity contribution in [1.29, 1.82) is 0 Å². The van der Waals surface area contributed by atoms with Gasteiger partial charge in [-0.1, -0.05) is 20.8 Å². The van der Waals surface area contributed by atoms with Gasteiger partial charge in [0.1, 0.15) is 12.1 Å². The van der Waals surface area contributed by atoms with E-state index in [-0.39, 0.29) is 17.9 Å². The third kappa shape index (κ3) is 7.08. The average molecular weight is 523 g/mol. The van der Waals surface area contributed by atoms with E-state index in [0.717, 1.165) is 56.7 Å². The monoisotopic (exact) mass is 522 g/mol. The standard InChI is InChI=1S/C30H54N2O5/c1-28(2,3)18-29(4,5)31-27(36)24-26(35)25(34)23(17-33)32(24)9-7-6-8-10-37-19-30-14-20-11-21(15-30)13-22(12-20)16-30/h20-26,33-35H,6-19H2,1-5H3,(H,31,36)/t20?,21?,22?,23-,24-,25-,26-,30?/m0/s1. The van der Waals surface area contributed by atoms with Crippen molar-refractivity contribution >= 4 is 5.91 Å². The second-order valence-corrected chi connectivity index (χ2v) is 15.1. The van der Waals surface area contributed by atoms with Crippen molar-refractivity contribution in [2.75, 3.05) is 26.4 Å². The van der Waals surface area contributed by atoms with Gasteiger partial charge in [-0.2, -0.15) is 0 Å². The normalized spacial score (nSPS) is 37.9. The van der Waals surface area contributed by atoms with Crippen LogP contribution in [0.3, 0.4) is 0 Å². The number of likely N-dealkylation sites (tertiary alicyclic amines) is 1. The number of carbonyl (C=O) groups is 1. The minimum Gasteiger partial charge on any atom is -0.395 e. The van der Waals surface area contributed by atoms with Crippen molar-refractivity contribution < 1.29 is 24.9 Å². The zero-order chi connectivity index (χ0) is 27.0. The van der Waals surface area contributed by atoms with Crippen molar-refractivity contribution in [1.82, 2.24) is 10.2 Å². The highest BCUT2D eigenvalue weighted by Gasteiger charge is 2.52. The number of nitrogens with zero attached hydrogens (tertiary/aromatic N) is 1. The Labute approximate surface area is 224 Å². The van der Waals surface area contributed by atoms with E-state index < -0.39 is 29.8 Å². The second-order valence-electron chi connectivity index (χ2n) is 15.1. The molecule has 1 aliphatic heterocycles. The number of rotatable bonds is 12. The molecule has 7 nitrogen and oxygen atoms in total. The lowest BCUT2D eigenvalue weighted by Gasteiger charge is -2.56. The highest BCUT2D eigenvalue weighted by molar-refractivity contribution is 5.83. The maximum Gasteiger partial charge on any atom is 0.240 e. The molecule has 4 atom stereocenters. The minimum atomic E-state index is -1.22. The van der Waals surface area contributed by atoms with E-state index in [1.54, 1.807) is 0 Å². The van der Waals surface area contributed by atoms with E-state index in [1.165, 1.54) is 38.5 Å². The SMILES string of the molecule is CC(C)(C)CC(C)(C)NC(=O)[C@@H]1[C@H](O)[C@@H](O)[C@H](CO)N1CCCCCOCC12CC3CC(CC(C3)C1)C2. The van der Waals surface area contributed by atoms with E-state index in [0.29, 0.717) is 12.0 Å². The summed E-state index contributed by atoms with van der Waals surface area (Å²) in [5, 5.41) is 34.3. The third-order valence-corrected chi connectivity index (χ3v) is 9.52. The molecule has 0 unspecified atom stereocenters. The lowest BCUT2D eigenvalue weighted by atomic mass is 9.50. The van der Waals surface area contributed by atoms with E-state index in [4.69, 9.17) is 4.74 Å². The molecular formula is C30H54N2O5. The fraction of sp³-hybridized carbons (Fsp3) is 0.967. The summed E-state index contributed by atoms with van der Waals surface area (Å²) < 4.78 is 6.22. The van der Waals surface area contributed by atoms with Crippen LogP contribution in [-0.2, 0) is 9.53 Å². The van der Waals surface area contributed by atoms with Gasteiger partial charge in [0.05, 0.1) is 25.4 Å². The Morgan fingerprint density at radius 1 is 0.946 bits per heavy atom. The fourth-order valence-corrected chi connectivity index (χ4v) is 9.04. The maximum absolute atomic E-state index is 13.3. The molecule has 0 radical (unpaired) electrons. The summed E-state index contributed by atoms with van der Waals surface area (Å²) in [5.74, 6) is 2.56. The Kier molecular flexibility index (Phi) is 9.02. The molecule has 0 spiro atoms. The smallest absolute Gasteiger partial charge is 0.240 e. The number of hydrogen-bond acceptors (Lipinski definition) is 6. The van der Waals surface area contributed by atoms with Crippen LogP contribution in [0.4, 0.5) is 0 Å². The van der Waals surface area contributed by atoms with Crippen LogP contribution >= 0.6 is 0 Å². The van der Waals surface area contributed by atoms with Crippen LogP contribution in [0, 0.1) is 28.6 Å². The van der Waals surface area contributed by atoms with Gasteiger partial charge in [-0.25, -0.2) is 0 Å². The number of unbranched alkanes of at least 4 members (excludes halogenated alkanes) is 2. The molecule has 7 heteroatoms. The van der Waals surface area contributed by atoms with Crippen LogP contribution in [0.1, 0.15) is 98.8 Å². The number of hydrogen-bond donors (Lipinski definition) is 4. The molecule has 0 aromatic heterocycles. The van der Waals surface area contributed by atoms with Crippen LogP contribution < -0.4 is 5.32 Å². The van der Waals surface area contributed by atoms with Crippen molar-refractivity contribution in [2.45, 2.75) is 129 Å². The highest BCUT2D eigenvalue weighted by Crippen LogP contribution is 2.60. The number of amides is 1. The molecule has 5 fully saturated rings. The molecule has 4 bridgehead atoms. The van der Waals surface area contributed by atoms with Crippen LogP contribution in [0.15, 0.2) is 0 Å². The lowest BCUT2D eigenvalue weighted by molar-refractivity contribution is -0.131. The summed E-state index contributed by atoms with van der Waals surface area (Å²) in [7, 11) is 0. The number of nitrogens with one attached hydrogen (secondary N) is 1. The molecule has 1 heterocycles. The first-order chi connectivity index (χ1) is 17.3. The Bertz CT molecular complexity index is 743. The van der Waals surface area contributed by atoms with Crippen LogP contribution in [0.25, 0.3) is 0 Å². The Morgan fingerprint density at radius 2 is 1.54 bits per heavy atom. The molecule has 4 aliphatic carbocycles. The lowest BCUT2D eigenvalue weighted by Crippen LogP contribution is -2.56. The summed E-state index contributed by atoms with van der Waals surface area (Å²) >= 11 is 0. The topological polar surface area (TPSA) is 102 Å². The van der Waals surface area contributed by atoms with E-state index in [1.807, 2.05) is 18.7 Å². The molecular weight excluding hydrogens is 468 g/mol. The zero-order valence-corrected chi connectivity index (χ0v) is 24.0. The first kappa shape index (κ1) is 29.3. The zero-order valence-electron chi connectivity index (χ0n) is 24.0. The van der Waals surface area contributed by atoms with Crippen LogP contribution in [0.5, 0.6) is 0 Å². The first-order valence-corrected chi connectivity index (χ1v) is 14.9. The fourth-order valence-electron chi connectivity index (χ4n) is 9.04. The van der Waals surface area contributed by atoms with Gasteiger partial charge in [0, 0.05) is 12.1 Å². The molecule has 4 N–H and O–H groups in total. The Hall–Kier alpha value is -0.730. The summed E-state index contributed by atoms with van der Waals surface area (Å²) in [6.07, 6.45) is 9.65. The van der Waals surface area contributed by atoms with Gasteiger partial charge in [0.2, 0.25) is 5.91 Å². The molecule has 4 saturated carbocycles. The van der Waals surface area contributed by atoms with Gasteiger partial charge in [0.15, 0.2) is 0 Å². The quantitative estimate of drug-likeness (QED) is 0.293. The predicted octanol–water partition coefficient (Wildman–Crippen LogP) is 3.49. The highest BCUT2D eigenvalue weighted by atomic mass is 16.5. The number of aliphatic hydroxyl groups is 3. The van der Waals surface area contributed by atoms with Gasteiger partial charge in [-0.15, -0.1) is 0 Å². The van der Waals surface area contributed by atoms with Crippen molar-refractivity contribution in [3.63, 3.8) is 0 Å². The summed E-state index contributed by atoms with van der Waals surface area (Å²) in [4.78, 5) is 15.1. The van der Waals surface area contributed by atoms with Gasteiger partial charge in [-0.05, 0) is 113 Å². The van der Waals surface area contributed by atoms with Crippen molar-refractivity contribution in [2.24, 2.45) is 28.6 Å². The predicted molar refractivity (Wildman–Crippen MR) is 145 cm³/mol. The number of aliphatic hydroxyl groups excluding tert-OH is 3. The van der Waals surface area contributed by atoms with Gasteiger partial charge in [0.25, 0.3) is 0 Å². The molecule has 37 heavy (non-hydrogen) atoms. The van der Waals surface area contributed by atoms with E-state index >= 15 is 0 Å². The summed E-state index contributed by atoms with van der Waals surface area (Å²) in [5.41, 5.74) is 0.0406. The third-order valence-electron chi connectivity index (χ3n) is 9.52. The second kappa shape index (κ2) is 11.4. The summed E-state index contributed by atoms with van der Waals surface area (Å²) in [6, 6.07) is -1.50. The Morgan fingerprint density at radius 3 is 2.08 bits per heavy atom. The molecule has 214 valence electrons. The van der Waals surface area contributed by atoms with E-state index in [2.05, 4.69) is 26.1 Å². The molecule has 5 aliphatic rings. The maximum atomic E-state index is 13.3. The minimum absolute atomic E-state index is 0.0374. The van der Waals surface area contributed by atoms with Gasteiger partial charge < -0.3 is 25.4 Å². The molecule has 0 aromatic rings. The number of carbonyl (C=O) groups excluding carboxylic acids is 1. The van der Waals surface area contributed by atoms with Crippen molar-refractivity contribution in [3.8, 4) is 0 Å². The molecule has 1 saturated heterocycles. The largest absolute Gasteiger partial charge is 0.395 e. The molecule has 5 rings (SSSR count).